The van der Waals surface area contributed by atoms with Gasteiger partial charge in [0.05, 0.1) is 4.88 Å². The Labute approximate surface area is 300 Å². The second-order valence-electron chi connectivity index (χ2n) is 16.1. The van der Waals surface area contributed by atoms with E-state index in [-0.39, 0.29) is 17.7 Å². The van der Waals surface area contributed by atoms with E-state index < -0.39 is 24.0 Å². The van der Waals surface area contributed by atoms with Gasteiger partial charge in [-0.2, -0.15) is 0 Å². The molecule has 2 aliphatic rings. The number of rotatable bonds is 10. The van der Waals surface area contributed by atoms with E-state index in [9.17, 15) is 19.5 Å². The Hall–Kier alpha value is -4.11. The molecule has 1 aromatic carbocycles. The minimum absolute atomic E-state index is 0.110. The summed E-state index contributed by atoms with van der Waals surface area (Å²) in [7, 11) is 0. The van der Waals surface area contributed by atoms with Gasteiger partial charge in [-0.1, -0.05) is 84.0 Å². The molecule has 1 fully saturated rings. The Kier molecular flexibility index (Phi) is 11.5. The van der Waals surface area contributed by atoms with Crippen LogP contribution in [0, 0.1) is 23.2 Å². The van der Waals surface area contributed by atoms with Crippen LogP contribution in [0.4, 0.5) is 0 Å². The zero-order valence-electron chi connectivity index (χ0n) is 30.5. The molecular formula is C41H52N4O4S. The molecule has 50 heavy (non-hydrogen) atoms. The molecule has 0 bridgehead atoms. The van der Waals surface area contributed by atoms with Gasteiger partial charge in [-0.15, -0.1) is 11.3 Å². The maximum Gasteiger partial charge on any atom is 0.325 e. The van der Waals surface area contributed by atoms with Crippen LogP contribution in [0.3, 0.4) is 0 Å². The summed E-state index contributed by atoms with van der Waals surface area (Å²) in [5.74, 6) is 0.708. The molecule has 5 rings (SSSR count). The molecule has 0 saturated heterocycles. The molecule has 3 aromatic rings. The van der Waals surface area contributed by atoms with E-state index in [1.807, 2.05) is 42.7 Å². The number of hydrogen-bond donors (Lipinski definition) is 3. The molecular weight excluding hydrogens is 645 g/mol. The molecule has 0 radical (unpaired) electrons. The minimum Gasteiger partial charge on any atom is -0.480 e. The Balaban J connectivity index is 1.21. The lowest BCUT2D eigenvalue weighted by atomic mass is 9.66. The van der Waals surface area contributed by atoms with Crippen molar-refractivity contribution in [3.63, 3.8) is 0 Å². The van der Waals surface area contributed by atoms with Crippen LogP contribution in [-0.4, -0.2) is 44.9 Å². The van der Waals surface area contributed by atoms with Gasteiger partial charge in [0.25, 0.3) is 5.91 Å². The van der Waals surface area contributed by atoms with E-state index in [1.165, 1.54) is 43.9 Å². The lowest BCUT2D eigenvalue weighted by molar-refractivity contribution is -0.141. The van der Waals surface area contributed by atoms with E-state index in [0.717, 1.165) is 45.4 Å². The number of benzene rings is 1. The normalized spacial score (nSPS) is 20.8. The maximum absolute atomic E-state index is 13.2. The van der Waals surface area contributed by atoms with Gasteiger partial charge in [0.2, 0.25) is 5.91 Å². The number of nitrogens with zero attached hydrogens (tertiary/aromatic N) is 2. The first-order chi connectivity index (χ1) is 23.6. The average molecular weight is 697 g/mol. The molecule has 1 saturated carbocycles. The van der Waals surface area contributed by atoms with Crippen molar-refractivity contribution in [2.75, 3.05) is 0 Å². The summed E-state index contributed by atoms with van der Waals surface area (Å²) >= 11 is 1.38. The van der Waals surface area contributed by atoms with Crippen LogP contribution in [0.1, 0.15) is 106 Å². The highest BCUT2D eigenvalue weighted by Gasteiger charge is 2.32. The van der Waals surface area contributed by atoms with E-state index in [4.69, 9.17) is 0 Å². The van der Waals surface area contributed by atoms with Crippen molar-refractivity contribution in [1.82, 2.24) is 20.6 Å². The number of carboxylic acids is 1. The predicted molar refractivity (Wildman–Crippen MR) is 201 cm³/mol. The number of aliphatic carboxylic acids is 1. The number of carbonyl (C=O) groups is 3. The second kappa shape index (κ2) is 15.4. The zero-order chi connectivity index (χ0) is 36.2. The molecule has 3 N–H and O–H groups in total. The maximum atomic E-state index is 13.2. The Morgan fingerprint density at radius 2 is 1.56 bits per heavy atom. The van der Waals surface area contributed by atoms with E-state index in [0.29, 0.717) is 22.0 Å². The van der Waals surface area contributed by atoms with Crippen LogP contribution >= 0.6 is 11.3 Å². The SMILES string of the molecule is C[C@@H](NC(=O)[C@H](Cc1ccc(-c2ncc(C3=CCC([C@H]4CC[C@H](C(C)(C)C)CC4)C=C3)cn2)cc1)NC(=O)c1ccc(C(C)(C)C)s1)C(=O)O. The number of allylic oxidation sites excluding steroid dienone is 4. The van der Waals surface area contributed by atoms with Gasteiger partial charge in [-0.3, -0.25) is 14.4 Å². The van der Waals surface area contributed by atoms with Crippen molar-refractivity contribution < 1.29 is 19.5 Å². The quantitative estimate of drug-likeness (QED) is 0.196. The smallest absolute Gasteiger partial charge is 0.325 e. The topological polar surface area (TPSA) is 121 Å². The molecule has 0 aliphatic heterocycles. The molecule has 2 amide bonds. The summed E-state index contributed by atoms with van der Waals surface area (Å²) in [5, 5.41) is 14.7. The van der Waals surface area contributed by atoms with Crippen molar-refractivity contribution in [3.8, 4) is 11.4 Å². The van der Waals surface area contributed by atoms with Gasteiger partial charge in [-0.05, 0) is 90.9 Å². The number of carboxylic acid groups (broad SMARTS) is 1. The van der Waals surface area contributed by atoms with Gasteiger partial charge in [0, 0.05) is 34.8 Å². The highest BCUT2D eigenvalue weighted by molar-refractivity contribution is 7.14. The summed E-state index contributed by atoms with van der Waals surface area (Å²) in [4.78, 5) is 48.7. The molecule has 2 heterocycles. The lowest BCUT2D eigenvalue weighted by Crippen LogP contribution is -2.51. The van der Waals surface area contributed by atoms with Gasteiger partial charge in [0.15, 0.2) is 5.82 Å². The van der Waals surface area contributed by atoms with Crippen LogP contribution in [0.15, 0.2) is 67.0 Å². The van der Waals surface area contributed by atoms with Crippen molar-refractivity contribution in [2.45, 2.75) is 104 Å². The molecule has 8 nitrogen and oxygen atoms in total. The fourth-order valence-corrected chi connectivity index (χ4v) is 7.91. The number of aromatic nitrogens is 2. The molecule has 2 aliphatic carbocycles. The summed E-state index contributed by atoms with van der Waals surface area (Å²) in [6, 6.07) is 9.16. The molecule has 1 unspecified atom stereocenters. The molecule has 9 heteroatoms. The van der Waals surface area contributed by atoms with Crippen LogP contribution in [0.25, 0.3) is 17.0 Å². The molecule has 266 valence electrons. The number of thiophene rings is 1. The second-order valence-corrected chi connectivity index (χ2v) is 17.2. The number of carbonyl (C=O) groups excluding carboxylic acids is 2. The summed E-state index contributed by atoms with van der Waals surface area (Å²) in [6.07, 6.45) is 17.2. The third-order valence-corrected chi connectivity index (χ3v) is 11.8. The Morgan fingerprint density at radius 3 is 2.10 bits per heavy atom. The van der Waals surface area contributed by atoms with Crippen molar-refractivity contribution in [2.24, 2.45) is 23.2 Å². The summed E-state index contributed by atoms with van der Waals surface area (Å²) < 4.78 is 0. The lowest BCUT2D eigenvalue weighted by Gasteiger charge is -2.39. The first-order valence-electron chi connectivity index (χ1n) is 17.8. The highest BCUT2D eigenvalue weighted by atomic mass is 32.1. The highest BCUT2D eigenvalue weighted by Crippen LogP contribution is 2.44. The molecule has 0 spiro atoms. The van der Waals surface area contributed by atoms with Crippen LogP contribution in [-0.2, 0) is 21.4 Å². The first kappa shape index (κ1) is 37.2. The van der Waals surface area contributed by atoms with Crippen molar-refractivity contribution in [3.05, 3.63) is 87.9 Å². The largest absolute Gasteiger partial charge is 0.480 e. The van der Waals surface area contributed by atoms with Gasteiger partial charge in [-0.25, -0.2) is 9.97 Å². The van der Waals surface area contributed by atoms with Crippen LogP contribution in [0.5, 0.6) is 0 Å². The first-order valence-corrected chi connectivity index (χ1v) is 18.6. The molecule has 2 aromatic heterocycles. The van der Waals surface area contributed by atoms with Crippen LogP contribution in [0.2, 0.25) is 0 Å². The van der Waals surface area contributed by atoms with Crippen LogP contribution < -0.4 is 10.6 Å². The van der Waals surface area contributed by atoms with Crippen molar-refractivity contribution >= 4 is 34.7 Å². The molecule has 3 atom stereocenters. The number of amides is 2. The summed E-state index contributed by atoms with van der Waals surface area (Å²) in [5.41, 5.74) is 4.08. The van der Waals surface area contributed by atoms with E-state index in [2.05, 4.69) is 80.4 Å². The van der Waals surface area contributed by atoms with Gasteiger partial charge >= 0.3 is 5.97 Å². The van der Waals surface area contributed by atoms with Gasteiger partial charge < -0.3 is 15.7 Å². The zero-order valence-corrected chi connectivity index (χ0v) is 31.3. The monoisotopic (exact) mass is 696 g/mol. The van der Waals surface area contributed by atoms with E-state index in [1.54, 1.807) is 6.07 Å². The third kappa shape index (κ3) is 9.36. The fraction of sp³-hybridized carbons (Fsp3) is 0.488. The standard InChI is InChI=1S/C41H52N4O4S/c1-25(39(48)49)44-37(46)33(45-38(47)34-20-21-35(50-34)41(5,6)7)22-26-8-10-30(11-9-26)36-42-23-31(24-43-36)29-14-12-27(13-15-29)28-16-18-32(19-17-28)40(2,3)4/h8-12,14-15,20-21,23-25,27-28,32-33H,13,16-19,22H2,1-7H3,(H,44,46)(H,45,47)(H,48,49)/t25-,27?,28-,32-,33+/m1/s1. The van der Waals surface area contributed by atoms with Gasteiger partial charge in [0.1, 0.15) is 12.1 Å². The fourth-order valence-electron chi connectivity index (χ4n) is 6.94. The third-order valence-electron chi connectivity index (χ3n) is 10.3. The van der Waals surface area contributed by atoms with Crippen molar-refractivity contribution in [1.29, 1.82) is 0 Å². The minimum atomic E-state index is -1.15. The number of hydrogen-bond acceptors (Lipinski definition) is 6. The summed E-state index contributed by atoms with van der Waals surface area (Å²) in [6.45, 7) is 14.7. The van der Waals surface area contributed by atoms with E-state index >= 15 is 0 Å². The predicted octanol–water partition coefficient (Wildman–Crippen LogP) is 8.25. The number of nitrogens with one attached hydrogen (secondary N) is 2. The Morgan fingerprint density at radius 1 is 0.900 bits per heavy atom. The Bertz CT molecular complexity index is 1720. The average Bonchev–Trinajstić information content (AvgIpc) is 3.60.